The van der Waals surface area contributed by atoms with E-state index < -0.39 is 0 Å². The molecule has 0 saturated carbocycles. The standard InChI is InChI=1S/C27H25BrO2/c1-21(29-19-23-9-5-3-6-10-23)13-18-27(25-14-16-26(28)17-15-25)22(2)30-20-24-11-7-4-8-12-24/h3-18H,2,19-20H2,1H3/b21-13+,27-18+. The second kappa shape index (κ2) is 11.2. The summed E-state index contributed by atoms with van der Waals surface area (Å²) in [7, 11) is 0. The van der Waals surface area contributed by atoms with Crippen LogP contribution in [0.25, 0.3) is 5.57 Å². The zero-order valence-corrected chi connectivity index (χ0v) is 18.6. The Labute approximate surface area is 187 Å². The number of ether oxygens (including phenoxy) is 2. The van der Waals surface area contributed by atoms with Crippen molar-refractivity contribution in [3.05, 3.63) is 136 Å². The van der Waals surface area contributed by atoms with Gasteiger partial charge in [-0.05, 0) is 47.9 Å². The highest BCUT2D eigenvalue weighted by Crippen LogP contribution is 2.26. The first-order valence-electron chi connectivity index (χ1n) is 9.79. The van der Waals surface area contributed by atoms with E-state index in [1.807, 2.05) is 91.9 Å². The van der Waals surface area contributed by atoms with Crippen molar-refractivity contribution >= 4 is 21.5 Å². The molecule has 0 aliphatic carbocycles. The Balaban J connectivity index is 1.74. The van der Waals surface area contributed by atoms with Gasteiger partial charge in [0.05, 0.1) is 5.76 Å². The van der Waals surface area contributed by atoms with Crippen LogP contribution in [0.4, 0.5) is 0 Å². The number of hydrogen-bond acceptors (Lipinski definition) is 2. The smallest absolute Gasteiger partial charge is 0.120 e. The average molecular weight is 461 g/mol. The first kappa shape index (κ1) is 21.7. The highest BCUT2D eigenvalue weighted by Gasteiger charge is 2.08. The molecule has 0 bridgehead atoms. The van der Waals surface area contributed by atoms with E-state index in [9.17, 15) is 0 Å². The Bertz CT molecular complexity index is 1000. The van der Waals surface area contributed by atoms with Crippen LogP contribution in [-0.4, -0.2) is 0 Å². The van der Waals surface area contributed by atoms with Gasteiger partial charge in [-0.25, -0.2) is 0 Å². The molecule has 0 unspecified atom stereocenters. The molecule has 0 heterocycles. The molecule has 3 aromatic carbocycles. The van der Waals surface area contributed by atoms with Gasteiger partial charge in [-0.15, -0.1) is 0 Å². The van der Waals surface area contributed by atoms with Crippen molar-refractivity contribution < 1.29 is 9.47 Å². The van der Waals surface area contributed by atoms with Crippen molar-refractivity contribution in [1.82, 2.24) is 0 Å². The van der Waals surface area contributed by atoms with E-state index >= 15 is 0 Å². The third kappa shape index (κ3) is 6.78. The van der Waals surface area contributed by atoms with Crippen LogP contribution in [-0.2, 0) is 22.7 Å². The lowest BCUT2D eigenvalue weighted by atomic mass is 10.0. The summed E-state index contributed by atoms with van der Waals surface area (Å²) in [5.41, 5.74) is 4.19. The van der Waals surface area contributed by atoms with Gasteiger partial charge in [0.15, 0.2) is 0 Å². The monoisotopic (exact) mass is 460 g/mol. The Hall–Kier alpha value is -3.04. The molecule has 0 amide bonds. The number of halogens is 1. The molecule has 0 aliphatic heterocycles. The van der Waals surface area contributed by atoms with Gasteiger partial charge >= 0.3 is 0 Å². The van der Waals surface area contributed by atoms with Crippen molar-refractivity contribution in [1.29, 1.82) is 0 Å². The quantitative estimate of drug-likeness (QED) is 0.240. The molecular weight excluding hydrogens is 436 g/mol. The minimum Gasteiger partial charge on any atom is -0.494 e. The summed E-state index contributed by atoms with van der Waals surface area (Å²) in [5.74, 6) is 1.44. The lowest BCUT2D eigenvalue weighted by Gasteiger charge is -2.14. The molecule has 152 valence electrons. The highest BCUT2D eigenvalue weighted by molar-refractivity contribution is 9.10. The first-order chi connectivity index (χ1) is 14.6. The zero-order chi connectivity index (χ0) is 21.2. The van der Waals surface area contributed by atoms with Crippen LogP contribution in [0.5, 0.6) is 0 Å². The molecule has 2 nitrogen and oxygen atoms in total. The summed E-state index contributed by atoms with van der Waals surface area (Å²) in [5, 5.41) is 0. The second-order valence-electron chi connectivity index (χ2n) is 6.84. The predicted molar refractivity (Wildman–Crippen MR) is 127 cm³/mol. The Morgan fingerprint density at radius 3 is 1.87 bits per heavy atom. The maximum absolute atomic E-state index is 5.99. The van der Waals surface area contributed by atoms with Gasteiger partial charge < -0.3 is 9.47 Å². The van der Waals surface area contributed by atoms with Crippen LogP contribution >= 0.6 is 15.9 Å². The molecule has 0 radical (unpaired) electrons. The largest absolute Gasteiger partial charge is 0.494 e. The van der Waals surface area contributed by atoms with Gasteiger partial charge in [-0.1, -0.05) is 95.3 Å². The minimum absolute atomic E-state index is 0.473. The van der Waals surface area contributed by atoms with Crippen molar-refractivity contribution in [2.45, 2.75) is 20.1 Å². The topological polar surface area (TPSA) is 18.5 Å². The Morgan fingerprint density at radius 1 is 0.767 bits per heavy atom. The van der Waals surface area contributed by atoms with E-state index in [1.54, 1.807) is 0 Å². The van der Waals surface area contributed by atoms with Crippen molar-refractivity contribution in [3.63, 3.8) is 0 Å². The lowest BCUT2D eigenvalue weighted by Crippen LogP contribution is -1.96. The molecular formula is C27H25BrO2. The first-order valence-corrected chi connectivity index (χ1v) is 10.6. The van der Waals surface area contributed by atoms with Gasteiger partial charge in [0.25, 0.3) is 0 Å². The third-order valence-corrected chi connectivity index (χ3v) is 5.03. The summed E-state index contributed by atoms with van der Waals surface area (Å²) < 4.78 is 12.9. The fourth-order valence-electron chi connectivity index (χ4n) is 2.82. The van der Waals surface area contributed by atoms with Crippen LogP contribution in [0.2, 0.25) is 0 Å². The van der Waals surface area contributed by atoms with Crippen LogP contribution < -0.4 is 0 Å². The molecule has 0 aromatic heterocycles. The molecule has 0 atom stereocenters. The van der Waals surface area contributed by atoms with E-state index in [4.69, 9.17) is 9.47 Å². The van der Waals surface area contributed by atoms with Crippen LogP contribution in [0, 0.1) is 0 Å². The van der Waals surface area contributed by atoms with E-state index in [2.05, 4.69) is 34.6 Å². The van der Waals surface area contributed by atoms with Crippen molar-refractivity contribution in [2.24, 2.45) is 0 Å². The van der Waals surface area contributed by atoms with Crippen LogP contribution in [0.3, 0.4) is 0 Å². The maximum atomic E-state index is 5.99. The number of allylic oxidation sites excluding steroid dienone is 4. The maximum Gasteiger partial charge on any atom is 0.120 e. The van der Waals surface area contributed by atoms with Crippen molar-refractivity contribution in [3.8, 4) is 0 Å². The van der Waals surface area contributed by atoms with E-state index in [0.29, 0.717) is 19.0 Å². The van der Waals surface area contributed by atoms with Crippen molar-refractivity contribution in [2.75, 3.05) is 0 Å². The molecule has 0 N–H and O–H groups in total. The van der Waals surface area contributed by atoms with E-state index in [-0.39, 0.29) is 0 Å². The zero-order valence-electron chi connectivity index (χ0n) is 17.1. The number of hydrogen-bond donors (Lipinski definition) is 0. The molecule has 3 aromatic rings. The normalized spacial score (nSPS) is 11.8. The van der Waals surface area contributed by atoms with Gasteiger partial charge in [-0.3, -0.25) is 0 Å². The summed E-state index contributed by atoms with van der Waals surface area (Å²) in [4.78, 5) is 0. The van der Waals surface area contributed by atoms with Gasteiger partial charge in [0.2, 0.25) is 0 Å². The molecule has 0 fully saturated rings. The van der Waals surface area contributed by atoms with Gasteiger partial charge in [0, 0.05) is 10.0 Å². The lowest BCUT2D eigenvalue weighted by molar-refractivity contribution is 0.201. The van der Waals surface area contributed by atoms with Crippen LogP contribution in [0.15, 0.2) is 120 Å². The predicted octanol–water partition coefficient (Wildman–Crippen LogP) is 7.68. The third-order valence-electron chi connectivity index (χ3n) is 4.51. The Morgan fingerprint density at radius 2 is 1.30 bits per heavy atom. The minimum atomic E-state index is 0.473. The number of benzene rings is 3. The average Bonchev–Trinajstić information content (AvgIpc) is 2.79. The summed E-state index contributed by atoms with van der Waals surface area (Å²) in [6, 6.07) is 28.3. The Kier molecular flexibility index (Phi) is 8.10. The molecule has 0 saturated heterocycles. The molecule has 3 rings (SSSR count). The SMILES string of the molecule is C=C(OCc1ccccc1)/C(=C\C=C(/C)OCc1ccccc1)c1ccc(Br)cc1. The number of rotatable bonds is 9. The molecule has 30 heavy (non-hydrogen) atoms. The van der Waals surface area contributed by atoms with E-state index in [1.165, 1.54) is 0 Å². The fraction of sp³-hybridized carbons (Fsp3) is 0.111. The summed E-state index contributed by atoms with van der Waals surface area (Å²) >= 11 is 3.49. The van der Waals surface area contributed by atoms with E-state index in [0.717, 1.165) is 32.5 Å². The van der Waals surface area contributed by atoms with Gasteiger partial charge in [0.1, 0.15) is 19.0 Å². The molecule has 0 spiro atoms. The van der Waals surface area contributed by atoms with Crippen LogP contribution in [0.1, 0.15) is 23.6 Å². The summed E-state index contributed by atoms with van der Waals surface area (Å²) in [6.07, 6.45) is 3.95. The van der Waals surface area contributed by atoms with Gasteiger partial charge in [-0.2, -0.15) is 0 Å². The fourth-order valence-corrected chi connectivity index (χ4v) is 3.09. The second-order valence-corrected chi connectivity index (χ2v) is 7.75. The molecule has 0 aliphatic rings. The molecule has 3 heteroatoms. The summed E-state index contributed by atoms with van der Waals surface area (Å²) in [6.45, 7) is 7.13. The highest BCUT2D eigenvalue weighted by atomic mass is 79.9.